The van der Waals surface area contributed by atoms with E-state index in [1.165, 1.54) is 59.2 Å². The van der Waals surface area contributed by atoms with Gasteiger partial charge in [-0.25, -0.2) is 0 Å². The average molecular weight is 369 g/mol. The van der Waals surface area contributed by atoms with Crippen LogP contribution in [-0.2, 0) is 0 Å². The zero-order valence-corrected chi connectivity index (χ0v) is 16.2. The summed E-state index contributed by atoms with van der Waals surface area (Å²) < 4.78 is 6.73. The Kier molecular flexibility index (Phi) is 1.68. The van der Waals surface area contributed by atoms with Crippen LogP contribution in [0.25, 0.3) is 0 Å². The average Bonchev–Trinajstić information content (AvgIpc) is 3.45. The van der Waals surface area contributed by atoms with Crippen molar-refractivity contribution in [1.29, 1.82) is 0 Å². The van der Waals surface area contributed by atoms with Gasteiger partial charge in [-0.1, -0.05) is 18.2 Å². The van der Waals surface area contributed by atoms with Gasteiger partial charge in [-0.15, -0.1) is 0 Å². The van der Waals surface area contributed by atoms with E-state index in [2.05, 4.69) is 30.3 Å². The predicted molar refractivity (Wildman–Crippen MR) is 103 cm³/mol. The molecule has 1 nitrogen and oxygen atoms in total. The van der Waals surface area contributed by atoms with Gasteiger partial charge in [0.2, 0.25) is 0 Å². The molecule has 10 aliphatic carbocycles. The van der Waals surface area contributed by atoms with Crippen LogP contribution in [0.1, 0.15) is 12.8 Å². The third-order valence-corrected chi connectivity index (χ3v) is 14.2. The minimum atomic E-state index is 0.612. The highest BCUT2D eigenvalue weighted by Crippen LogP contribution is 2.99. The van der Waals surface area contributed by atoms with Crippen molar-refractivity contribution in [1.82, 2.24) is 0 Å². The summed E-state index contributed by atoms with van der Waals surface area (Å²) in [6.45, 7) is 1.09. The molecule has 10 aliphatic rings. The molecule has 14 atom stereocenters. The van der Waals surface area contributed by atoms with E-state index in [1.807, 2.05) is 0 Å². The maximum absolute atomic E-state index is 6.73. The van der Waals surface area contributed by atoms with Gasteiger partial charge in [-0.05, 0) is 126 Å². The number of hydrogen-bond acceptors (Lipinski definition) is 1. The summed E-state index contributed by atoms with van der Waals surface area (Å²) in [7, 11) is 0. The smallest absolute Gasteiger partial charge is 0.119 e. The molecular weight excluding hydrogens is 340 g/mol. The van der Waals surface area contributed by atoms with E-state index in [9.17, 15) is 0 Å². The van der Waals surface area contributed by atoms with Crippen LogP contribution < -0.4 is 4.74 Å². The van der Waals surface area contributed by atoms with Crippen molar-refractivity contribution in [2.24, 2.45) is 106 Å². The first-order valence-electron chi connectivity index (χ1n) is 12.6. The minimum absolute atomic E-state index is 0.612. The molecule has 1 aromatic carbocycles. The van der Waals surface area contributed by atoms with Gasteiger partial charge in [0.25, 0.3) is 0 Å². The van der Waals surface area contributed by atoms with Crippen molar-refractivity contribution in [3.8, 4) is 5.75 Å². The SMILES string of the molecule is c1ccc(OCC23C4C5CC6C7C8CC4C4C8C8C7C7C6C5C2C7C8C43)cc1. The zero-order valence-electron chi connectivity index (χ0n) is 16.2. The summed E-state index contributed by atoms with van der Waals surface area (Å²) in [5, 5.41) is 0. The lowest BCUT2D eigenvalue weighted by Gasteiger charge is -2.42. The van der Waals surface area contributed by atoms with Crippen LogP contribution in [0.2, 0.25) is 0 Å². The predicted octanol–water partition coefficient (Wildman–Crippen LogP) is 4.44. The highest BCUT2D eigenvalue weighted by Gasteiger charge is 2.96. The highest BCUT2D eigenvalue weighted by molar-refractivity contribution is 5.42. The quantitative estimate of drug-likeness (QED) is 0.766. The summed E-state index contributed by atoms with van der Waals surface area (Å²) >= 11 is 0. The van der Waals surface area contributed by atoms with Crippen molar-refractivity contribution < 1.29 is 4.74 Å². The first kappa shape index (κ1) is 13.3. The van der Waals surface area contributed by atoms with Gasteiger partial charge in [0.15, 0.2) is 0 Å². The van der Waals surface area contributed by atoms with Crippen LogP contribution in [0, 0.1) is 106 Å². The maximum Gasteiger partial charge on any atom is 0.119 e. The Morgan fingerprint density at radius 1 is 0.607 bits per heavy atom. The first-order valence-corrected chi connectivity index (χ1v) is 12.6. The largest absolute Gasteiger partial charge is 0.493 e. The molecule has 10 saturated carbocycles. The Morgan fingerprint density at radius 2 is 1.21 bits per heavy atom. The van der Waals surface area contributed by atoms with E-state index in [4.69, 9.17) is 4.74 Å². The van der Waals surface area contributed by atoms with Gasteiger partial charge in [0.1, 0.15) is 5.75 Å². The molecule has 142 valence electrons. The molecule has 0 aromatic heterocycles. The standard InChI is InChI=1S/C27H28O/c1-2-4-9(5-3-1)28-8-27-24-12-6-10-14-11-7-13(24)18-16(11)21-19(14)20-15(10)17(12)25(27)22(20)23(21)26(18)27/h1-5,10-26H,6-8H2. The number of hydrogen-bond donors (Lipinski definition) is 0. The van der Waals surface area contributed by atoms with Crippen molar-refractivity contribution in [2.45, 2.75) is 12.8 Å². The Labute approximate surface area is 166 Å². The third kappa shape index (κ3) is 0.895. The molecule has 1 heteroatoms. The second kappa shape index (κ2) is 3.52. The van der Waals surface area contributed by atoms with Crippen molar-refractivity contribution in [2.75, 3.05) is 6.61 Å². The summed E-state index contributed by atoms with van der Waals surface area (Å²) in [5.41, 5.74) is 0.612. The molecule has 10 fully saturated rings. The van der Waals surface area contributed by atoms with Crippen LogP contribution in [0.5, 0.6) is 5.75 Å². The van der Waals surface area contributed by atoms with E-state index >= 15 is 0 Å². The number of benzene rings is 1. The van der Waals surface area contributed by atoms with Gasteiger partial charge in [0, 0.05) is 5.41 Å². The van der Waals surface area contributed by atoms with Crippen LogP contribution in [0.3, 0.4) is 0 Å². The van der Waals surface area contributed by atoms with E-state index in [1.54, 1.807) is 12.8 Å². The number of fused-ring (bicyclic) bond motifs is 4. The fraction of sp³-hybridized carbons (Fsp3) is 0.778. The Balaban J connectivity index is 1.18. The molecule has 1 aromatic rings. The van der Waals surface area contributed by atoms with E-state index < -0.39 is 0 Å². The Morgan fingerprint density at radius 3 is 1.86 bits per heavy atom. The Hall–Kier alpha value is -0.980. The molecule has 0 bridgehead atoms. The normalized spacial score (nSPS) is 76.9. The molecule has 0 heterocycles. The fourth-order valence-corrected chi connectivity index (χ4v) is 15.5. The highest BCUT2D eigenvalue weighted by atomic mass is 16.5. The number of ether oxygens (including phenoxy) is 1. The van der Waals surface area contributed by atoms with Crippen LogP contribution in [-0.4, -0.2) is 6.61 Å². The van der Waals surface area contributed by atoms with Crippen LogP contribution >= 0.6 is 0 Å². The third-order valence-electron chi connectivity index (χ3n) is 14.2. The van der Waals surface area contributed by atoms with E-state index in [0.29, 0.717) is 5.41 Å². The lowest BCUT2D eigenvalue weighted by atomic mass is 9.63. The van der Waals surface area contributed by atoms with Crippen molar-refractivity contribution in [3.05, 3.63) is 30.3 Å². The second-order valence-electron chi connectivity index (χ2n) is 13.2. The Bertz CT molecular complexity index is 926. The molecule has 11 rings (SSSR count). The van der Waals surface area contributed by atoms with E-state index in [-0.39, 0.29) is 0 Å². The van der Waals surface area contributed by atoms with E-state index in [0.717, 1.165) is 53.8 Å². The number of para-hydroxylation sites is 1. The van der Waals surface area contributed by atoms with Gasteiger partial charge in [0.05, 0.1) is 6.61 Å². The molecule has 0 spiro atoms. The summed E-state index contributed by atoms with van der Waals surface area (Å²) in [4.78, 5) is 0. The molecular formula is C27H28O. The molecule has 28 heavy (non-hydrogen) atoms. The van der Waals surface area contributed by atoms with Crippen molar-refractivity contribution >= 4 is 0 Å². The topological polar surface area (TPSA) is 9.23 Å². The maximum atomic E-state index is 6.73. The molecule has 14 unspecified atom stereocenters. The second-order valence-corrected chi connectivity index (χ2v) is 13.2. The number of rotatable bonds is 3. The first-order chi connectivity index (χ1) is 13.9. The van der Waals surface area contributed by atoms with Crippen molar-refractivity contribution in [3.63, 3.8) is 0 Å². The fourth-order valence-electron chi connectivity index (χ4n) is 15.5. The molecule has 0 amide bonds. The monoisotopic (exact) mass is 368 g/mol. The van der Waals surface area contributed by atoms with Gasteiger partial charge in [-0.3, -0.25) is 0 Å². The van der Waals surface area contributed by atoms with Crippen LogP contribution in [0.4, 0.5) is 0 Å². The molecule has 0 saturated heterocycles. The van der Waals surface area contributed by atoms with Gasteiger partial charge in [-0.2, -0.15) is 0 Å². The molecule has 0 N–H and O–H groups in total. The van der Waals surface area contributed by atoms with Crippen LogP contribution in [0.15, 0.2) is 30.3 Å². The lowest BCUT2D eigenvalue weighted by molar-refractivity contribution is 0.0116. The summed E-state index contributed by atoms with van der Waals surface area (Å²) in [6, 6.07) is 10.9. The van der Waals surface area contributed by atoms with Gasteiger partial charge < -0.3 is 4.74 Å². The van der Waals surface area contributed by atoms with Gasteiger partial charge >= 0.3 is 0 Å². The minimum Gasteiger partial charge on any atom is -0.493 e. The molecule has 0 radical (unpaired) electrons. The lowest BCUT2D eigenvalue weighted by Crippen LogP contribution is -2.42. The molecule has 0 aliphatic heterocycles. The summed E-state index contributed by atoms with van der Waals surface area (Å²) in [6.07, 6.45) is 3.34. The summed E-state index contributed by atoms with van der Waals surface area (Å²) in [5.74, 6) is 21.0. The zero-order chi connectivity index (χ0) is 17.3.